The van der Waals surface area contributed by atoms with E-state index >= 15 is 0 Å². The molecule has 2 rings (SSSR count). The topological polar surface area (TPSA) is 125 Å². The van der Waals surface area contributed by atoms with E-state index in [1.54, 1.807) is 0 Å². The number of nitrogens with one attached hydrogen (secondary N) is 2. The van der Waals surface area contributed by atoms with Gasteiger partial charge in [0.25, 0.3) is 11.8 Å². The zero-order valence-electron chi connectivity index (χ0n) is 18.2. The minimum atomic E-state index is -0.839. The van der Waals surface area contributed by atoms with Crippen LogP contribution in [-0.2, 0) is 24.0 Å². The Labute approximate surface area is 196 Å². The van der Waals surface area contributed by atoms with E-state index in [4.69, 9.17) is 28.0 Å². The van der Waals surface area contributed by atoms with Gasteiger partial charge in [-0.25, -0.2) is 4.79 Å². The molecule has 3 N–H and O–H groups in total. The second kappa shape index (κ2) is 11.1. The first-order chi connectivity index (χ1) is 14.9. The molecule has 1 saturated heterocycles. The SMILES string of the molecule is CC(C)(C)NCC(O)c1cc(Cl)c(NC(=O)CCCC(=O)ON2C(=O)CCC2=O)c(Cl)c1. The van der Waals surface area contributed by atoms with Crippen LogP contribution in [0.1, 0.15) is 64.5 Å². The highest BCUT2D eigenvalue weighted by atomic mass is 35.5. The maximum absolute atomic E-state index is 12.2. The average molecular weight is 488 g/mol. The van der Waals surface area contributed by atoms with Crippen LogP contribution >= 0.6 is 23.2 Å². The van der Waals surface area contributed by atoms with Crippen LogP contribution in [0.15, 0.2) is 12.1 Å². The fourth-order valence-electron chi connectivity index (χ4n) is 2.83. The van der Waals surface area contributed by atoms with Crippen molar-refractivity contribution in [1.82, 2.24) is 10.4 Å². The standard InChI is InChI=1S/C21H27Cl2N3O6/c1-21(2,3)24-11-15(27)12-9-13(22)20(14(23)10-12)25-16(28)5-4-6-19(31)32-26-17(29)7-8-18(26)30/h9-10,15,24,27H,4-8,11H2,1-3H3,(H,25,28). The highest BCUT2D eigenvalue weighted by Crippen LogP contribution is 2.34. The highest BCUT2D eigenvalue weighted by Gasteiger charge is 2.32. The summed E-state index contributed by atoms with van der Waals surface area (Å²) in [6, 6.07) is 3.05. The highest BCUT2D eigenvalue weighted by molar-refractivity contribution is 6.39. The van der Waals surface area contributed by atoms with Crippen molar-refractivity contribution in [2.75, 3.05) is 11.9 Å². The fraction of sp³-hybridized carbons (Fsp3) is 0.524. The Morgan fingerprint density at radius 1 is 1.12 bits per heavy atom. The molecule has 1 aromatic rings. The summed E-state index contributed by atoms with van der Waals surface area (Å²) in [5, 5.41) is 16.9. The van der Waals surface area contributed by atoms with Gasteiger partial charge in [-0.05, 0) is 44.9 Å². The molecule has 176 valence electrons. The van der Waals surface area contributed by atoms with Crippen molar-refractivity contribution in [1.29, 1.82) is 0 Å². The Balaban J connectivity index is 1.85. The molecule has 1 fully saturated rings. The van der Waals surface area contributed by atoms with Crippen LogP contribution in [-0.4, -0.2) is 45.9 Å². The lowest BCUT2D eigenvalue weighted by molar-refractivity contribution is -0.197. The number of β-amino-alcohol motifs (C(OH)–C–C–N with tert-alkyl or cyclic N) is 1. The molecule has 1 heterocycles. The van der Waals surface area contributed by atoms with Crippen LogP contribution in [0.5, 0.6) is 0 Å². The minimum absolute atomic E-state index is 0.0129. The number of imide groups is 1. The Morgan fingerprint density at radius 3 is 2.22 bits per heavy atom. The van der Waals surface area contributed by atoms with Gasteiger partial charge < -0.3 is 20.6 Å². The predicted octanol–water partition coefficient (Wildman–Crippen LogP) is 3.13. The van der Waals surface area contributed by atoms with E-state index in [0.717, 1.165) is 0 Å². The molecule has 0 aromatic heterocycles. The Bertz CT molecular complexity index is 861. The molecule has 3 amide bonds. The third kappa shape index (κ3) is 7.74. The monoisotopic (exact) mass is 487 g/mol. The summed E-state index contributed by atoms with van der Waals surface area (Å²) < 4.78 is 0. The Morgan fingerprint density at radius 2 is 1.69 bits per heavy atom. The van der Waals surface area contributed by atoms with E-state index in [0.29, 0.717) is 17.2 Å². The smallest absolute Gasteiger partial charge is 0.333 e. The van der Waals surface area contributed by atoms with Crippen LogP contribution < -0.4 is 10.6 Å². The predicted molar refractivity (Wildman–Crippen MR) is 119 cm³/mol. The summed E-state index contributed by atoms with van der Waals surface area (Å²) in [7, 11) is 0. The number of nitrogens with zero attached hydrogens (tertiary/aromatic N) is 1. The number of hydrogen-bond acceptors (Lipinski definition) is 7. The van der Waals surface area contributed by atoms with Crippen LogP contribution in [0.3, 0.4) is 0 Å². The quantitative estimate of drug-likeness (QED) is 0.456. The third-order valence-electron chi connectivity index (χ3n) is 4.52. The summed E-state index contributed by atoms with van der Waals surface area (Å²) >= 11 is 12.5. The molecule has 0 bridgehead atoms. The molecule has 0 radical (unpaired) electrons. The van der Waals surface area contributed by atoms with Gasteiger partial charge in [-0.15, -0.1) is 5.06 Å². The molecule has 0 saturated carbocycles. The van der Waals surface area contributed by atoms with Crippen molar-refractivity contribution in [3.8, 4) is 0 Å². The van der Waals surface area contributed by atoms with Crippen molar-refractivity contribution < 1.29 is 29.1 Å². The summed E-state index contributed by atoms with van der Waals surface area (Å²) in [5.74, 6) is -2.33. The van der Waals surface area contributed by atoms with Gasteiger partial charge in [0.05, 0.1) is 21.8 Å². The van der Waals surface area contributed by atoms with Crippen molar-refractivity contribution in [2.45, 2.75) is 64.5 Å². The number of hydroxylamine groups is 2. The van der Waals surface area contributed by atoms with Gasteiger partial charge >= 0.3 is 5.97 Å². The van der Waals surface area contributed by atoms with Gasteiger partial charge in [0.2, 0.25) is 5.91 Å². The number of amides is 3. The van der Waals surface area contributed by atoms with Crippen LogP contribution in [0, 0.1) is 0 Å². The van der Waals surface area contributed by atoms with Gasteiger partial charge in [0.15, 0.2) is 0 Å². The third-order valence-corrected chi connectivity index (χ3v) is 5.12. The number of aliphatic hydroxyl groups is 1. The van der Waals surface area contributed by atoms with E-state index in [-0.39, 0.29) is 53.4 Å². The van der Waals surface area contributed by atoms with Crippen molar-refractivity contribution in [2.24, 2.45) is 0 Å². The van der Waals surface area contributed by atoms with E-state index < -0.39 is 29.8 Å². The molecular formula is C21H27Cl2N3O6. The van der Waals surface area contributed by atoms with Gasteiger partial charge in [-0.2, -0.15) is 0 Å². The lowest BCUT2D eigenvalue weighted by Crippen LogP contribution is -2.38. The van der Waals surface area contributed by atoms with Gasteiger partial charge in [0.1, 0.15) is 0 Å². The number of carbonyl (C=O) groups excluding carboxylic acids is 4. The zero-order chi connectivity index (χ0) is 24.1. The molecule has 1 unspecified atom stereocenters. The molecule has 32 heavy (non-hydrogen) atoms. The molecule has 1 aliphatic rings. The first-order valence-corrected chi connectivity index (χ1v) is 10.9. The summed E-state index contributed by atoms with van der Waals surface area (Å²) in [6.07, 6.45) is -0.876. The van der Waals surface area contributed by atoms with E-state index in [9.17, 15) is 24.3 Å². The molecular weight excluding hydrogens is 461 g/mol. The van der Waals surface area contributed by atoms with Crippen molar-refractivity contribution in [3.05, 3.63) is 27.7 Å². The number of aliphatic hydroxyl groups excluding tert-OH is 1. The molecule has 1 aliphatic heterocycles. The number of rotatable bonds is 9. The summed E-state index contributed by atoms with van der Waals surface area (Å²) in [4.78, 5) is 51.6. The number of hydrogen-bond donors (Lipinski definition) is 3. The van der Waals surface area contributed by atoms with Crippen molar-refractivity contribution >= 4 is 52.6 Å². The van der Waals surface area contributed by atoms with E-state index in [1.165, 1.54) is 12.1 Å². The zero-order valence-corrected chi connectivity index (χ0v) is 19.7. The minimum Gasteiger partial charge on any atom is -0.387 e. The number of halogens is 2. The molecule has 1 aromatic carbocycles. The largest absolute Gasteiger partial charge is 0.387 e. The fourth-order valence-corrected chi connectivity index (χ4v) is 3.42. The first kappa shape index (κ1) is 26.1. The summed E-state index contributed by atoms with van der Waals surface area (Å²) in [5.41, 5.74) is 0.534. The van der Waals surface area contributed by atoms with Crippen LogP contribution in [0.4, 0.5) is 5.69 Å². The number of benzene rings is 1. The van der Waals surface area contributed by atoms with Crippen molar-refractivity contribution in [3.63, 3.8) is 0 Å². The molecule has 0 aliphatic carbocycles. The normalized spacial score (nSPS) is 15.1. The maximum Gasteiger partial charge on any atom is 0.333 e. The van der Waals surface area contributed by atoms with Crippen LogP contribution in [0.25, 0.3) is 0 Å². The first-order valence-electron chi connectivity index (χ1n) is 10.2. The second-order valence-electron chi connectivity index (χ2n) is 8.45. The molecule has 9 nitrogen and oxygen atoms in total. The van der Waals surface area contributed by atoms with Crippen LogP contribution in [0.2, 0.25) is 10.0 Å². The average Bonchev–Trinajstić information content (AvgIpc) is 3.00. The second-order valence-corrected chi connectivity index (χ2v) is 9.27. The maximum atomic E-state index is 12.2. The van der Waals surface area contributed by atoms with Gasteiger partial charge in [0, 0.05) is 37.8 Å². The summed E-state index contributed by atoms with van der Waals surface area (Å²) in [6.45, 7) is 6.23. The van der Waals surface area contributed by atoms with E-state index in [1.807, 2.05) is 20.8 Å². The Kier molecular flexibility index (Phi) is 9.03. The number of carbonyl (C=O) groups is 4. The number of anilines is 1. The molecule has 0 spiro atoms. The molecule has 11 heteroatoms. The lowest BCUT2D eigenvalue weighted by Gasteiger charge is -2.23. The van der Waals surface area contributed by atoms with E-state index in [2.05, 4.69) is 10.6 Å². The molecule has 1 atom stereocenters. The Hall–Kier alpha value is -2.20. The lowest BCUT2D eigenvalue weighted by atomic mass is 10.1. The van der Waals surface area contributed by atoms with Gasteiger partial charge in [-0.3, -0.25) is 14.4 Å². The van der Waals surface area contributed by atoms with Gasteiger partial charge in [-0.1, -0.05) is 23.2 Å².